The number of hydrogen-bond donors (Lipinski definition) is 1. The van der Waals surface area contributed by atoms with Gasteiger partial charge in [-0.3, -0.25) is 4.57 Å². The predicted octanol–water partition coefficient (Wildman–Crippen LogP) is 3.04. The van der Waals surface area contributed by atoms with Crippen LogP contribution >= 0.6 is 0 Å². The molecule has 4 heterocycles. The number of sulfone groups is 1. The molecule has 0 saturated heterocycles. The van der Waals surface area contributed by atoms with Gasteiger partial charge in [0.15, 0.2) is 21.5 Å². The number of aliphatic hydroxyl groups is 1. The van der Waals surface area contributed by atoms with E-state index < -0.39 is 26.9 Å². The minimum Gasteiger partial charge on any atom is -0.494 e. The first-order valence-corrected chi connectivity index (χ1v) is 14.0. The molecule has 0 aliphatic carbocycles. The Balaban J connectivity index is 1.60. The van der Waals surface area contributed by atoms with Crippen molar-refractivity contribution in [2.75, 3.05) is 21.3 Å². The van der Waals surface area contributed by atoms with Crippen LogP contribution in [0.4, 0.5) is 0 Å². The highest BCUT2D eigenvalue weighted by Crippen LogP contribution is 2.37. The van der Waals surface area contributed by atoms with Crippen LogP contribution < -0.4 is 14.2 Å². The van der Waals surface area contributed by atoms with Gasteiger partial charge in [-0.05, 0) is 37.3 Å². The summed E-state index contributed by atoms with van der Waals surface area (Å²) in [5.74, 6) is 0.935. The first-order valence-electron chi connectivity index (χ1n) is 12.3. The minimum absolute atomic E-state index is 0.0801. The van der Waals surface area contributed by atoms with Gasteiger partial charge in [-0.15, -0.1) is 10.2 Å². The Labute approximate surface area is 230 Å². The quantitative estimate of drug-likeness (QED) is 0.269. The van der Waals surface area contributed by atoms with Gasteiger partial charge in [0.2, 0.25) is 5.88 Å². The normalized spacial score (nSPS) is 13.2. The molecule has 12 nitrogen and oxygen atoms in total. The Morgan fingerprint density at radius 2 is 1.62 bits per heavy atom. The maximum atomic E-state index is 13.7. The summed E-state index contributed by atoms with van der Waals surface area (Å²) >= 11 is 0. The van der Waals surface area contributed by atoms with Crippen molar-refractivity contribution < 1.29 is 27.7 Å². The summed E-state index contributed by atoms with van der Waals surface area (Å²) < 4.78 is 47.1. The van der Waals surface area contributed by atoms with E-state index in [1.54, 1.807) is 63.8 Å². The summed E-state index contributed by atoms with van der Waals surface area (Å²) in [5.41, 5.74) is 1.63. The fourth-order valence-corrected chi connectivity index (χ4v) is 5.70. The molecule has 0 saturated carbocycles. The van der Waals surface area contributed by atoms with Gasteiger partial charge in [-0.2, -0.15) is 0 Å². The van der Waals surface area contributed by atoms with E-state index in [1.165, 1.54) is 28.3 Å². The maximum absolute atomic E-state index is 13.7. The highest BCUT2D eigenvalue weighted by atomic mass is 32.2. The summed E-state index contributed by atoms with van der Waals surface area (Å²) in [5, 5.41) is 18.4. The molecule has 0 spiro atoms. The SMILES string of the molecule is COc1cccc(-c2nnc(CS(=O)(=O)[C@@H](C)[C@H](O)c3cn4ccccc4n3)n2-c2c(OC)cccc2OC)n1. The standard InChI is InChI=1S/C27H28N6O6S/c1-17(26(34)19-15-32-14-6-5-12-22(32)28-19)40(35,36)16-23-30-31-27(18-9-7-13-24(29-18)39-4)33(23)25-20(37-2)10-8-11-21(25)38-3/h5-15,17,26,34H,16H2,1-4H3/t17-,26-/m0/s1. The fourth-order valence-electron chi connectivity index (χ4n) is 4.36. The van der Waals surface area contributed by atoms with Crippen LogP contribution in [0.15, 0.2) is 67.0 Å². The van der Waals surface area contributed by atoms with Gasteiger partial charge in [-0.25, -0.2) is 18.4 Å². The summed E-state index contributed by atoms with van der Waals surface area (Å²) in [6.45, 7) is 1.44. The molecule has 5 aromatic rings. The molecule has 0 radical (unpaired) electrons. The number of para-hydroxylation sites is 1. The number of methoxy groups -OCH3 is 3. The number of rotatable bonds is 10. The number of benzene rings is 1. The molecule has 1 N–H and O–H groups in total. The Bertz CT molecular complexity index is 1710. The lowest BCUT2D eigenvalue weighted by atomic mass is 10.2. The van der Waals surface area contributed by atoms with Crippen molar-refractivity contribution in [1.29, 1.82) is 0 Å². The molecule has 1 aromatic carbocycles. The van der Waals surface area contributed by atoms with E-state index in [9.17, 15) is 13.5 Å². The average molecular weight is 565 g/mol. The molecule has 208 valence electrons. The number of pyridine rings is 2. The van der Waals surface area contributed by atoms with Gasteiger partial charge in [0.05, 0.1) is 32.3 Å². The topological polar surface area (TPSA) is 143 Å². The lowest BCUT2D eigenvalue weighted by Crippen LogP contribution is -2.28. The molecule has 5 rings (SSSR count). The van der Waals surface area contributed by atoms with Crippen molar-refractivity contribution in [2.24, 2.45) is 0 Å². The van der Waals surface area contributed by atoms with Crippen molar-refractivity contribution in [1.82, 2.24) is 29.1 Å². The maximum Gasteiger partial charge on any atom is 0.213 e. The zero-order valence-corrected chi connectivity index (χ0v) is 23.1. The molecule has 0 unspecified atom stereocenters. The van der Waals surface area contributed by atoms with E-state index in [0.29, 0.717) is 34.4 Å². The van der Waals surface area contributed by atoms with Crippen LogP contribution in [0.1, 0.15) is 24.5 Å². The highest BCUT2D eigenvalue weighted by Gasteiger charge is 2.34. The Morgan fingerprint density at radius 3 is 2.30 bits per heavy atom. The summed E-state index contributed by atoms with van der Waals surface area (Å²) in [7, 11) is 0.487. The lowest BCUT2D eigenvalue weighted by Gasteiger charge is -2.20. The van der Waals surface area contributed by atoms with Gasteiger partial charge in [0.1, 0.15) is 40.4 Å². The molecule has 2 atom stereocenters. The number of imidazole rings is 1. The molecule has 4 aromatic heterocycles. The third-order valence-corrected chi connectivity index (χ3v) is 8.60. The summed E-state index contributed by atoms with van der Waals surface area (Å²) in [4.78, 5) is 8.85. The minimum atomic E-state index is -4.00. The van der Waals surface area contributed by atoms with Crippen LogP contribution in [0.3, 0.4) is 0 Å². The number of fused-ring (bicyclic) bond motifs is 1. The number of aliphatic hydroxyl groups excluding tert-OH is 1. The van der Waals surface area contributed by atoms with E-state index in [1.807, 2.05) is 12.1 Å². The van der Waals surface area contributed by atoms with Crippen molar-refractivity contribution in [3.63, 3.8) is 0 Å². The van der Waals surface area contributed by atoms with E-state index >= 15 is 0 Å². The third kappa shape index (κ3) is 4.96. The molecule has 0 aliphatic rings. The van der Waals surface area contributed by atoms with Crippen molar-refractivity contribution in [2.45, 2.75) is 24.0 Å². The van der Waals surface area contributed by atoms with Crippen LogP contribution in [0.25, 0.3) is 22.9 Å². The monoisotopic (exact) mass is 564 g/mol. The van der Waals surface area contributed by atoms with Crippen molar-refractivity contribution >= 4 is 15.5 Å². The molecule has 40 heavy (non-hydrogen) atoms. The van der Waals surface area contributed by atoms with Crippen molar-refractivity contribution in [3.8, 4) is 34.6 Å². The Hall–Kier alpha value is -4.49. The molecule has 0 fully saturated rings. The number of hydrogen-bond acceptors (Lipinski definition) is 10. The van der Waals surface area contributed by atoms with Crippen molar-refractivity contribution in [3.05, 3.63) is 78.5 Å². The second-order valence-corrected chi connectivity index (χ2v) is 11.3. The average Bonchev–Trinajstić information content (AvgIpc) is 3.59. The first kappa shape index (κ1) is 27.1. The molecule has 0 amide bonds. The van der Waals surface area contributed by atoms with Crippen LogP contribution in [0.5, 0.6) is 17.4 Å². The zero-order valence-electron chi connectivity index (χ0n) is 22.3. The van der Waals surface area contributed by atoms with E-state index in [-0.39, 0.29) is 17.3 Å². The van der Waals surface area contributed by atoms with Gasteiger partial charge in [0.25, 0.3) is 0 Å². The molecule has 0 bridgehead atoms. The summed E-state index contributed by atoms with van der Waals surface area (Å²) in [6, 6.07) is 15.7. The zero-order chi connectivity index (χ0) is 28.4. The largest absolute Gasteiger partial charge is 0.494 e. The molecule has 0 aliphatic heterocycles. The Kier molecular flexibility index (Phi) is 7.41. The number of ether oxygens (including phenoxy) is 3. The van der Waals surface area contributed by atoms with E-state index in [0.717, 1.165) is 0 Å². The second kappa shape index (κ2) is 10.9. The first-order chi connectivity index (χ1) is 19.3. The second-order valence-electron chi connectivity index (χ2n) is 8.94. The van der Waals surface area contributed by atoms with E-state index in [2.05, 4.69) is 20.2 Å². The van der Waals surface area contributed by atoms with Gasteiger partial charge < -0.3 is 23.7 Å². The van der Waals surface area contributed by atoms with Crippen LogP contribution in [0.2, 0.25) is 0 Å². The Morgan fingerprint density at radius 1 is 0.900 bits per heavy atom. The van der Waals surface area contributed by atoms with Gasteiger partial charge in [0, 0.05) is 18.5 Å². The number of nitrogens with zero attached hydrogens (tertiary/aromatic N) is 6. The number of aromatic nitrogens is 6. The third-order valence-electron chi connectivity index (χ3n) is 6.54. The molecule has 13 heteroatoms. The molecular formula is C27H28N6O6S. The van der Waals surface area contributed by atoms with Crippen LogP contribution in [0, 0.1) is 0 Å². The van der Waals surface area contributed by atoms with E-state index in [4.69, 9.17) is 14.2 Å². The van der Waals surface area contributed by atoms with Gasteiger partial charge >= 0.3 is 0 Å². The van der Waals surface area contributed by atoms with Crippen LogP contribution in [-0.2, 0) is 15.6 Å². The fraction of sp³-hybridized carbons (Fsp3) is 0.259. The van der Waals surface area contributed by atoms with Gasteiger partial charge in [-0.1, -0.05) is 18.2 Å². The predicted molar refractivity (Wildman–Crippen MR) is 146 cm³/mol. The van der Waals surface area contributed by atoms with Crippen LogP contribution in [-0.4, -0.2) is 69.2 Å². The summed E-state index contributed by atoms with van der Waals surface area (Å²) in [6.07, 6.45) is 2.01. The smallest absolute Gasteiger partial charge is 0.213 e. The molecular weight excluding hydrogens is 536 g/mol. The lowest BCUT2D eigenvalue weighted by molar-refractivity contribution is 0.171. The highest BCUT2D eigenvalue weighted by molar-refractivity contribution is 7.91.